The number of ether oxygens (including phenoxy) is 1. The van der Waals surface area contributed by atoms with Gasteiger partial charge in [0.15, 0.2) is 0 Å². The fourth-order valence-electron chi connectivity index (χ4n) is 2.19. The minimum absolute atomic E-state index is 0.00114. The van der Waals surface area contributed by atoms with Gasteiger partial charge in [-0.25, -0.2) is 4.98 Å². The minimum atomic E-state index is -0.455. The van der Waals surface area contributed by atoms with Crippen LogP contribution in [0.25, 0.3) is 0 Å². The van der Waals surface area contributed by atoms with Gasteiger partial charge >= 0.3 is 5.97 Å². The summed E-state index contributed by atoms with van der Waals surface area (Å²) in [5, 5.41) is 10.6. The zero-order valence-electron chi connectivity index (χ0n) is 11.9. The lowest BCUT2D eigenvalue weighted by Gasteiger charge is -2.35. The van der Waals surface area contributed by atoms with Gasteiger partial charge < -0.3 is 9.64 Å². The highest BCUT2D eigenvalue weighted by atomic mass is 16.6. The van der Waals surface area contributed by atoms with E-state index < -0.39 is 4.92 Å². The number of hydrogen-bond donors (Lipinski definition) is 0. The topological polar surface area (TPSA) is 88.8 Å². The maximum atomic E-state index is 10.7. The molecule has 0 aliphatic carbocycles. The third kappa shape index (κ3) is 4.38. The number of carbonyl (C=O) groups is 1. The highest BCUT2D eigenvalue weighted by Crippen LogP contribution is 2.17. The van der Waals surface area contributed by atoms with Gasteiger partial charge in [-0.1, -0.05) is 0 Å². The molecule has 1 aliphatic heterocycles. The Morgan fingerprint density at radius 3 is 2.62 bits per heavy atom. The predicted octanol–water partition coefficient (Wildman–Crippen LogP) is 0.675. The zero-order chi connectivity index (χ0) is 15.2. The maximum Gasteiger partial charge on any atom is 0.302 e. The molecule has 1 fully saturated rings. The minimum Gasteiger partial charge on any atom is -0.465 e. The average Bonchev–Trinajstić information content (AvgIpc) is 2.48. The molecule has 2 rings (SSSR count). The van der Waals surface area contributed by atoms with Gasteiger partial charge in [0, 0.05) is 45.7 Å². The number of piperazine rings is 1. The van der Waals surface area contributed by atoms with Crippen LogP contribution in [-0.4, -0.2) is 60.1 Å². The molecule has 0 bridgehead atoms. The Morgan fingerprint density at radius 1 is 1.38 bits per heavy atom. The Bertz CT molecular complexity index is 497. The van der Waals surface area contributed by atoms with Crippen LogP contribution in [0.1, 0.15) is 6.92 Å². The molecule has 8 nitrogen and oxygen atoms in total. The van der Waals surface area contributed by atoms with E-state index >= 15 is 0 Å². The molecule has 21 heavy (non-hydrogen) atoms. The molecule has 2 heterocycles. The summed E-state index contributed by atoms with van der Waals surface area (Å²) in [4.78, 5) is 29.3. The molecule has 114 valence electrons. The van der Waals surface area contributed by atoms with Gasteiger partial charge in [0.1, 0.15) is 18.6 Å². The van der Waals surface area contributed by atoms with Crippen molar-refractivity contribution >= 4 is 17.5 Å². The summed E-state index contributed by atoms with van der Waals surface area (Å²) < 4.78 is 4.92. The smallest absolute Gasteiger partial charge is 0.302 e. The highest BCUT2D eigenvalue weighted by molar-refractivity contribution is 5.65. The van der Waals surface area contributed by atoms with E-state index in [-0.39, 0.29) is 11.7 Å². The predicted molar refractivity (Wildman–Crippen MR) is 76.2 cm³/mol. The van der Waals surface area contributed by atoms with E-state index in [2.05, 4.69) is 14.8 Å². The summed E-state index contributed by atoms with van der Waals surface area (Å²) in [6, 6.07) is 3.14. The van der Waals surface area contributed by atoms with Crippen LogP contribution in [0.2, 0.25) is 0 Å². The first-order valence-electron chi connectivity index (χ1n) is 6.77. The molecular weight excluding hydrogens is 276 g/mol. The molecule has 0 amide bonds. The number of nitrogens with zero attached hydrogens (tertiary/aromatic N) is 4. The van der Waals surface area contributed by atoms with Crippen molar-refractivity contribution < 1.29 is 14.5 Å². The number of esters is 1. The number of carbonyl (C=O) groups excluding carboxylic acids is 1. The second-order valence-corrected chi connectivity index (χ2v) is 4.80. The van der Waals surface area contributed by atoms with Crippen LogP contribution in [-0.2, 0) is 9.53 Å². The molecule has 0 unspecified atom stereocenters. The Labute approximate surface area is 122 Å². The van der Waals surface area contributed by atoms with Gasteiger partial charge in [0.25, 0.3) is 5.69 Å². The van der Waals surface area contributed by atoms with Crippen molar-refractivity contribution in [3.8, 4) is 0 Å². The van der Waals surface area contributed by atoms with Gasteiger partial charge in [-0.3, -0.25) is 19.8 Å². The Morgan fingerprint density at radius 2 is 2.10 bits per heavy atom. The summed E-state index contributed by atoms with van der Waals surface area (Å²) in [5.41, 5.74) is -0.00114. The third-order valence-corrected chi connectivity index (χ3v) is 3.35. The van der Waals surface area contributed by atoms with Crippen LogP contribution in [0, 0.1) is 10.1 Å². The monoisotopic (exact) mass is 294 g/mol. The normalized spacial score (nSPS) is 15.8. The van der Waals surface area contributed by atoms with E-state index in [1.54, 1.807) is 6.07 Å². The first kappa shape index (κ1) is 15.2. The van der Waals surface area contributed by atoms with E-state index in [4.69, 9.17) is 4.74 Å². The SMILES string of the molecule is CC(=O)OCCN1CCN(c2ccc([N+](=O)[O-])cn2)CC1. The van der Waals surface area contributed by atoms with Crippen LogP contribution < -0.4 is 4.90 Å². The standard InChI is InChI=1S/C13H18N4O4/c1-11(18)21-9-8-15-4-6-16(7-5-15)13-3-2-12(10-14-13)17(19)20/h2-3,10H,4-9H2,1H3. The summed E-state index contributed by atoms with van der Waals surface area (Å²) in [5.74, 6) is 0.490. The summed E-state index contributed by atoms with van der Waals surface area (Å²) in [6.07, 6.45) is 1.28. The second kappa shape index (κ2) is 6.98. The molecule has 0 radical (unpaired) electrons. The molecule has 1 aliphatic rings. The second-order valence-electron chi connectivity index (χ2n) is 4.80. The van der Waals surface area contributed by atoms with Crippen molar-refractivity contribution in [3.63, 3.8) is 0 Å². The van der Waals surface area contributed by atoms with Crippen molar-refractivity contribution in [2.45, 2.75) is 6.92 Å². The number of nitro groups is 1. The lowest BCUT2D eigenvalue weighted by Crippen LogP contribution is -2.47. The van der Waals surface area contributed by atoms with E-state index in [1.807, 2.05) is 0 Å². The number of anilines is 1. The van der Waals surface area contributed by atoms with Crippen molar-refractivity contribution in [1.82, 2.24) is 9.88 Å². The summed E-state index contributed by atoms with van der Waals surface area (Å²) in [7, 11) is 0. The maximum absolute atomic E-state index is 10.7. The first-order chi connectivity index (χ1) is 10.1. The number of aromatic nitrogens is 1. The molecule has 1 aromatic heterocycles. The van der Waals surface area contributed by atoms with E-state index in [1.165, 1.54) is 19.2 Å². The Kier molecular flexibility index (Phi) is 5.04. The lowest BCUT2D eigenvalue weighted by molar-refractivity contribution is -0.385. The molecule has 0 spiro atoms. The quantitative estimate of drug-likeness (QED) is 0.448. The van der Waals surface area contributed by atoms with E-state index in [0.717, 1.165) is 38.5 Å². The number of pyridine rings is 1. The molecule has 1 aromatic rings. The molecule has 0 aromatic carbocycles. The van der Waals surface area contributed by atoms with Crippen LogP contribution in [0.4, 0.5) is 11.5 Å². The largest absolute Gasteiger partial charge is 0.465 e. The molecular formula is C13H18N4O4. The number of hydrogen-bond acceptors (Lipinski definition) is 7. The van der Waals surface area contributed by atoms with Gasteiger partial charge in [-0.2, -0.15) is 0 Å². The van der Waals surface area contributed by atoms with Crippen LogP contribution in [0.15, 0.2) is 18.3 Å². The lowest BCUT2D eigenvalue weighted by atomic mass is 10.3. The van der Waals surface area contributed by atoms with E-state index in [0.29, 0.717) is 6.61 Å². The van der Waals surface area contributed by atoms with Crippen LogP contribution in [0.3, 0.4) is 0 Å². The summed E-state index contributed by atoms with van der Waals surface area (Å²) in [6.45, 7) is 5.82. The molecule has 0 atom stereocenters. The first-order valence-corrected chi connectivity index (χ1v) is 6.77. The molecule has 8 heteroatoms. The van der Waals surface area contributed by atoms with Gasteiger partial charge in [0.05, 0.1) is 4.92 Å². The number of rotatable bonds is 5. The molecule has 0 N–H and O–H groups in total. The van der Waals surface area contributed by atoms with Crippen molar-refractivity contribution in [3.05, 3.63) is 28.4 Å². The Balaban J connectivity index is 1.80. The fraction of sp³-hybridized carbons (Fsp3) is 0.538. The van der Waals surface area contributed by atoms with Gasteiger partial charge in [-0.15, -0.1) is 0 Å². The fourth-order valence-corrected chi connectivity index (χ4v) is 2.19. The van der Waals surface area contributed by atoms with Crippen molar-refractivity contribution in [2.24, 2.45) is 0 Å². The van der Waals surface area contributed by atoms with Crippen molar-refractivity contribution in [1.29, 1.82) is 0 Å². The van der Waals surface area contributed by atoms with Crippen molar-refractivity contribution in [2.75, 3.05) is 44.2 Å². The van der Waals surface area contributed by atoms with Gasteiger partial charge in [-0.05, 0) is 6.07 Å². The molecule has 0 saturated carbocycles. The zero-order valence-corrected chi connectivity index (χ0v) is 11.9. The molecule has 1 saturated heterocycles. The van der Waals surface area contributed by atoms with Crippen LogP contribution in [0.5, 0.6) is 0 Å². The van der Waals surface area contributed by atoms with E-state index in [9.17, 15) is 14.9 Å². The average molecular weight is 294 g/mol. The highest BCUT2D eigenvalue weighted by Gasteiger charge is 2.18. The Hall–Kier alpha value is -2.22. The third-order valence-electron chi connectivity index (χ3n) is 3.35. The summed E-state index contributed by atoms with van der Waals surface area (Å²) >= 11 is 0. The van der Waals surface area contributed by atoms with Gasteiger partial charge in [0.2, 0.25) is 0 Å². The van der Waals surface area contributed by atoms with Crippen LogP contribution >= 0.6 is 0 Å².